The van der Waals surface area contributed by atoms with Crippen LogP contribution in [0.3, 0.4) is 0 Å². The summed E-state index contributed by atoms with van der Waals surface area (Å²) in [5.74, 6) is 0.345. The lowest BCUT2D eigenvalue weighted by molar-refractivity contribution is 0.102. The van der Waals surface area contributed by atoms with Crippen LogP contribution in [0.15, 0.2) is 54.7 Å². The first-order chi connectivity index (χ1) is 15.2. The summed E-state index contributed by atoms with van der Waals surface area (Å²) in [4.78, 5) is 28.1. The van der Waals surface area contributed by atoms with E-state index < -0.39 is 0 Å². The number of carbonyl (C=O) groups is 1. The normalized spacial score (nSPS) is 13.6. The molecule has 8 nitrogen and oxygen atoms in total. The van der Waals surface area contributed by atoms with Gasteiger partial charge in [-0.05, 0) is 36.8 Å². The van der Waals surface area contributed by atoms with Crippen LogP contribution in [-0.4, -0.2) is 53.8 Å². The van der Waals surface area contributed by atoms with E-state index in [4.69, 9.17) is 9.47 Å². The first-order valence-corrected chi connectivity index (χ1v) is 10.3. The number of aryl methyl sites for hydroxylation is 1. The van der Waals surface area contributed by atoms with E-state index in [0.29, 0.717) is 50.8 Å². The topological polar surface area (TPSA) is 89.5 Å². The largest absolute Gasteiger partial charge is 0.463 e. The molecule has 1 saturated heterocycles. The molecule has 0 saturated carbocycles. The minimum atomic E-state index is -0.308. The maximum Gasteiger partial charge on any atom is 0.319 e. The van der Waals surface area contributed by atoms with E-state index >= 15 is 0 Å². The Morgan fingerprint density at radius 1 is 1.13 bits per heavy atom. The number of ether oxygens (including phenoxy) is 2. The number of pyridine rings is 1. The SMILES string of the molecule is Cc1cccc(NC(=O)c2cc(N3CCOCC3)nc(OCCc3ccccn3)n2)c1. The molecule has 0 bridgehead atoms. The highest BCUT2D eigenvalue weighted by atomic mass is 16.5. The Balaban J connectivity index is 1.52. The van der Waals surface area contributed by atoms with Crippen molar-refractivity contribution in [3.8, 4) is 6.01 Å². The Morgan fingerprint density at radius 2 is 2.00 bits per heavy atom. The summed E-state index contributed by atoms with van der Waals surface area (Å²) in [6.45, 7) is 4.97. The van der Waals surface area contributed by atoms with Gasteiger partial charge in [0.1, 0.15) is 11.5 Å². The molecule has 2 aromatic heterocycles. The van der Waals surface area contributed by atoms with Gasteiger partial charge in [0, 0.05) is 43.2 Å². The second kappa shape index (κ2) is 9.99. The van der Waals surface area contributed by atoms with E-state index in [0.717, 1.165) is 11.3 Å². The quantitative estimate of drug-likeness (QED) is 0.630. The van der Waals surface area contributed by atoms with Crippen LogP contribution in [0, 0.1) is 6.92 Å². The van der Waals surface area contributed by atoms with Crippen LogP contribution in [0.1, 0.15) is 21.7 Å². The highest BCUT2D eigenvalue weighted by Gasteiger charge is 2.19. The molecule has 1 aliphatic heterocycles. The number of nitrogens with one attached hydrogen (secondary N) is 1. The number of amides is 1. The Kier molecular flexibility index (Phi) is 6.68. The number of aromatic nitrogens is 3. The van der Waals surface area contributed by atoms with E-state index in [1.807, 2.05) is 49.4 Å². The molecule has 160 valence electrons. The van der Waals surface area contributed by atoms with Crippen molar-refractivity contribution in [1.82, 2.24) is 15.0 Å². The van der Waals surface area contributed by atoms with E-state index in [9.17, 15) is 4.79 Å². The highest BCUT2D eigenvalue weighted by molar-refractivity contribution is 6.03. The van der Waals surface area contributed by atoms with Crippen LogP contribution < -0.4 is 15.0 Å². The Hall–Kier alpha value is -3.52. The zero-order chi connectivity index (χ0) is 21.5. The Morgan fingerprint density at radius 3 is 2.77 bits per heavy atom. The van der Waals surface area contributed by atoms with E-state index in [-0.39, 0.29) is 17.6 Å². The highest BCUT2D eigenvalue weighted by Crippen LogP contribution is 2.19. The molecule has 4 rings (SSSR count). The third-order valence-electron chi connectivity index (χ3n) is 4.85. The molecule has 0 radical (unpaired) electrons. The van der Waals surface area contributed by atoms with Crippen molar-refractivity contribution in [2.45, 2.75) is 13.3 Å². The number of carbonyl (C=O) groups excluding carboxylic acids is 1. The molecule has 8 heteroatoms. The molecule has 0 unspecified atom stereocenters. The van der Waals surface area contributed by atoms with Gasteiger partial charge in [-0.25, -0.2) is 0 Å². The summed E-state index contributed by atoms with van der Waals surface area (Å²) in [7, 11) is 0. The van der Waals surface area contributed by atoms with Crippen LogP contribution in [0.5, 0.6) is 6.01 Å². The van der Waals surface area contributed by atoms with Crippen LogP contribution in [0.25, 0.3) is 0 Å². The summed E-state index contributed by atoms with van der Waals surface area (Å²) in [5, 5.41) is 2.90. The molecular weight excluding hydrogens is 394 g/mol. The number of hydrogen-bond donors (Lipinski definition) is 1. The van der Waals surface area contributed by atoms with Gasteiger partial charge in [0.2, 0.25) is 0 Å². The summed E-state index contributed by atoms with van der Waals surface area (Å²) in [6.07, 6.45) is 2.37. The van der Waals surface area contributed by atoms with Crippen molar-refractivity contribution < 1.29 is 14.3 Å². The van der Waals surface area contributed by atoms with Crippen LogP contribution in [0.2, 0.25) is 0 Å². The molecule has 1 N–H and O–H groups in total. The molecule has 3 heterocycles. The number of rotatable bonds is 7. The first-order valence-electron chi connectivity index (χ1n) is 10.3. The third-order valence-corrected chi connectivity index (χ3v) is 4.85. The van der Waals surface area contributed by atoms with Crippen LogP contribution in [-0.2, 0) is 11.2 Å². The summed E-state index contributed by atoms with van der Waals surface area (Å²) >= 11 is 0. The lowest BCUT2D eigenvalue weighted by atomic mass is 10.2. The van der Waals surface area contributed by atoms with Crippen molar-refractivity contribution >= 4 is 17.4 Å². The fraction of sp³-hybridized carbons (Fsp3) is 0.304. The van der Waals surface area contributed by atoms with Gasteiger partial charge < -0.3 is 19.7 Å². The van der Waals surface area contributed by atoms with Crippen molar-refractivity contribution in [1.29, 1.82) is 0 Å². The molecule has 1 aliphatic rings. The van der Waals surface area contributed by atoms with Gasteiger partial charge in [0.15, 0.2) is 0 Å². The molecule has 31 heavy (non-hydrogen) atoms. The standard InChI is InChI=1S/C23H25N5O3/c1-17-5-4-7-19(15-17)25-22(29)20-16-21(28-10-13-30-14-11-28)27-23(26-20)31-12-8-18-6-2-3-9-24-18/h2-7,9,15-16H,8,10-14H2,1H3,(H,25,29). The van der Waals surface area contributed by atoms with Gasteiger partial charge >= 0.3 is 6.01 Å². The first kappa shape index (κ1) is 20.7. The Labute approximate surface area is 181 Å². The van der Waals surface area contributed by atoms with Crippen LogP contribution >= 0.6 is 0 Å². The van der Waals surface area contributed by atoms with Gasteiger partial charge in [-0.2, -0.15) is 9.97 Å². The van der Waals surface area contributed by atoms with Crippen molar-refractivity contribution in [2.24, 2.45) is 0 Å². The molecule has 0 aliphatic carbocycles. The lowest BCUT2D eigenvalue weighted by Crippen LogP contribution is -2.37. The lowest BCUT2D eigenvalue weighted by Gasteiger charge is -2.28. The predicted molar refractivity (Wildman–Crippen MR) is 118 cm³/mol. The molecule has 1 fully saturated rings. The van der Waals surface area contributed by atoms with Gasteiger partial charge in [-0.15, -0.1) is 0 Å². The van der Waals surface area contributed by atoms with Gasteiger partial charge in [-0.1, -0.05) is 18.2 Å². The van der Waals surface area contributed by atoms with Gasteiger partial charge in [-0.3, -0.25) is 9.78 Å². The average molecular weight is 419 g/mol. The zero-order valence-electron chi connectivity index (χ0n) is 17.5. The van der Waals surface area contributed by atoms with Gasteiger partial charge in [0.05, 0.1) is 19.8 Å². The number of morpholine rings is 1. The van der Waals surface area contributed by atoms with Gasteiger partial charge in [0.25, 0.3) is 5.91 Å². The fourth-order valence-corrected chi connectivity index (χ4v) is 3.26. The molecule has 1 aromatic carbocycles. The van der Waals surface area contributed by atoms with Crippen molar-refractivity contribution in [3.63, 3.8) is 0 Å². The predicted octanol–water partition coefficient (Wildman–Crippen LogP) is 2.89. The van der Waals surface area contributed by atoms with E-state index in [2.05, 4.69) is 25.2 Å². The number of anilines is 2. The zero-order valence-corrected chi connectivity index (χ0v) is 17.5. The second-order valence-corrected chi connectivity index (χ2v) is 7.24. The smallest absolute Gasteiger partial charge is 0.319 e. The summed E-state index contributed by atoms with van der Waals surface area (Å²) < 4.78 is 11.2. The van der Waals surface area contributed by atoms with E-state index in [1.54, 1.807) is 12.3 Å². The van der Waals surface area contributed by atoms with E-state index in [1.165, 1.54) is 0 Å². The second-order valence-electron chi connectivity index (χ2n) is 7.24. The monoisotopic (exact) mass is 419 g/mol. The minimum absolute atomic E-state index is 0.175. The van der Waals surface area contributed by atoms with Crippen molar-refractivity contribution in [3.05, 3.63) is 71.7 Å². The van der Waals surface area contributed by atoms with Crippen molar-refractivity contribution in [2.75, 3.05) is 43.1 Å². The summed E-state index contributed by atoms with van der Waals surface area (Å²) in [5.41, 5.74) is 2.96. The molecule has 0 atom stereocenters. The average Bonchev–Trinajstić information content (AvgIpc) is 2.80. The molecular formula is C23H25N5O3. The number of benzene rings is 1. The summed E-state index contributed by atoms with van der Waals surface area (Å²) in [6, 6.07) is 15.3. The molecule has 1 amide bonds. The number of nitrogens with zero attached hydrogens (tertiary/aromatic N) is 4. The maximum absolute atomic E-state index is 12.9. The Bertz CT molecular complexity index is 1020. The molecule has 0 spiro atoms. The third kappa shape index (κ3) is 5.76. The minimum Gasteiger partial charge on any atom is -0.463 e. The number of hydrogen-bond acceptors (Lipinski definition) is 7. The fourth-order valence-electron chi connectivity index (χ4n) is 3.26. The van der Waals surface area contributed by atoms with Crippen LogP contribution in [0.4, 0.5) is 11.5 Å². The molecule has 3 aromatic rings. The maximum atomic E-state index is 12.9.